The minimum atomic E-state index is -0.456. The van der Waals surface area contributed by atoms with E-state index in [-0.39, 0.29) is 11.8 Å². The van der Waals surface area contributed by atoms with E-state index in [1.54, 1.807) is 0 Å². The van der Waals surface area contributed by atoms with Gasteiger partial charge in [-0.2, -0.15) is 0 Å². The third-order valence-corrected chi connectivity index (χ3v) is 3.71. The second-order valence-corrected chi connectivity index (χ2v) is 5.72. The third kappa shape index (κ3) is 3.38. The minimum Gasteiger partial charge on any atom is -0.388 e. The highest BCUT2D eigenvalue weighted by atomic mass is 16.3. The molecule has 1 aliphatic rings. The molecular weight excluding hydrogens is 240 g/mol. The summed E-state index contributed by atoms with van der Waals surface area (Å²) in [5.74, 6) is 0.358. The van der Waals surface area contributed by atoms with E-state index in [4.69, 9.17) is 0 Å². The molecule has 1 amide bonds. The van der Waals surface area contributed by atoms with Crippen LogP contribution in [0, 0.1) is 5.92 Å². The van der Waals surface area contributed by atoms with Crippen LogP contribution < -0.4 is 0 Å². The number of amides is 1. The second-order valence-electron chi connectivity index (χ2n) is 5.72. The molecule has 1 atom stereocenters. The number of carbonyl (C=O) groups excluding carboxylic acids is 1. The zero-order chi connectivity index (χ0) is 14.0. The van der Waals surface area contributed by atoms with Gasteiger partial charge in [0.25, 0.3) is 0 Å². The van der Waals surface area contributed by atoms with Crippen molar-refractivity contribution in [3.63, 3.8) is 0 Å². The normalized spacial score (nSPS) is 16.7. The molecule has 1 heterocycles. The number of hydrogen-bond donors (Lipinski definition) is 1. The lowest BCUT2D eigenvalue weighted by Gasteiger charge is -2.20. The average molecular weight is 264 g/mol. The molecule has 19 heavy (non-hydrogen) atoms. The summed E-state index contributed by atoms with van der Waals surface area (Å²) in [5, 5.41) is 9.99. The lowest BCUT2D eigenvalue weighted by Crippen LogP contribution is -2.35. The van der Waals surface area contributed by atoms with Crippen LogP contribution in [0.3, 0.4) is 0 Å². The van der Waals surface area contributed by atoms with Crippen molar-refractivity contribution in [1.82, 2.24) is 9.47 Å². The second kappa shape index (κ2) is 5.78. The first-order chi connectivity index (χ1) is 9.02. The molecule has 1 N–H and O–H groups in total. The molecule has 4 heteroatoms. The van der Waals surface area contributed by atoms with Crippen molar-refractivity contribution in [3.05, 3.63) is 24.0 Å². The number of aliphatic hydroxyl groups is 1. The summed E-state index contributed by atoms with van der Waals surface area (Å²) in [4.78, 5) is 14.1. The van der Waals surface area contributed by atoms with Crippen LogP contribution in [0.25, 0.3) is 0 Å². The number of aliphatic hydroxyl groups excluding tert-OH is 1. The summed E-state index contributed by atoms with van der Waals surface area (Å²) in [6.45, 7) is 7.15. The van der Waals surface area contributed by atoms with E-state index in [2.05, 4.69) is 0 Å². The zero-order valence-electron chi connectivity index (χ0n) is 12.0. The van der Waals surface area contributed by atoms with E-state index < -0.39 is 6.10 Å². The van der Waals surface area contributed by atoms with Gasteiger partial charge in [0.05, 0.1) is 6.10 Å². The number of likely N-dealkylation sites (N-methyl/N-ethyl adjacent to an activating group) is 1. The predicted octanol–water partition coefficient (Wildman–Crippen LogP) is 2.19. The first-order valence-corrected chi connectivity index (χ1v) is 7.16. The van der Waals surface area contributed by atoms with Gasteiger partial charge in [-0.1, -0.05) is 13.8 Å². The van der Waals surface area contributed by atoms with Gasteiger partial charge in [0.2, 0.25) is 5.91 Å². The van der Waals surface area contributed by atoms with Crippen LogP contribution in [0.2, 0.25) is 0 Å². The average Bonchev–Trinajstić information content (AvgIpc) is 3.08. The Kier molecular flexibility index (Phi) is 4.30. The Morgan fingerprint density at radius 1 is 1.53 bits per heavy atom. The molecule has 1 fully saturated rings. The highest BCUT2D eigenvalue weighted by Gasteiger charge is 2.31. The Balaban J connectivity index is 1.97. The van der Waals surface area contributed by atoms with Gasteiger partial charge in [0.15, 0.2) is 0 Å². The highest BCUT2D eigenvalue weighted by molar-refractivity contribution is 5.76. The molecule has 4 nitrogen and oxygen atoms in total. The van der Waals surface area contributed by atoms with Gasteiger partial charge in [-0.25, -0.2) is 0 Å². The Bertz CT molecular complexity index is 435. The predicted molar refractivity (Wildman–Crippen MR) is 74.6 cm³/mol. The maximum atomic E-state index is 12.2. The molecule has 0 aliphatic heterocycles. The molecule has 1 aromatic heterocycles. The van der Waals surface area contributed by atoms with Gasteiger partial charge in [0, 0.05) is 25.0 Å². The van der Waals surface area contributed by atoms with E-state index in [0.717, 1.165) is 24.9 Å². The lowest BCUT2D eigenvalue weighted by molar-refractivity contribution is -0.132. The van der Waals surface area contributed by atoms with Crippen molar-refractivity contribution in [1.29, 1.82) is 0 Å². The van der Waals surface area contributed by atoms with Crippen LogP contribution in [0.5, 0.6) is 0 Å². The molecule has 1 aromatic rings. The first-order valence-electron chi connectivity index (χ1n) is 7.16. The van der Waals surface area contributed by atoms with E-state index >= 15 is 0 Å². The molecule has 1 aliphatic carbocycles. The third-order valence-electron chi connectivity index (χ3n) is 3.71. The molecule has 0 spiro atoms. The Hall–Kier alpha value is -1.29. The van der Waals surface area contributed by atoms with Crippen molar-refractivity contribution in [2.24, 2.45) is 5.92 Å². The van der Waals surface area contributed by atoms with Crippen LogP contribution in [-0.2, 0) is 11.3 Å². The van der Waals surface area contributed by atoms with E-state index in [1.807, 2.05) is 48.7 Å². The lowest BCUT2D eigenvalue weighted by atomic mass is 10.0. The standard InChI is InChI=1S/C15H24N2O2/c1-4-17(13-5-6-13)14(18)10-16-8-7-12(9-16)15(19)11(2)3/h7-9,11,13,15,19H,4-6,10H2,1-3H3. The van der Waals surface area contributed by atoms with Crippen LogP contribution in [0.15, 0.2) is 18.5 Å². The van der Waals surface area contributed by atoms with Crippen LogP contribution in [0.4, 0.5) is 0 Å². The number of hydrogen-bond acceptors (Lipinski definition) is 2. The Labute approximate surface area is 115 Å². The molecular formula is C15H24N2O2. The van der Waals surface area contributed by atoms with Crippen LogP contribution in [-0.4, -0.2) is 33.1 Å². The summed E-state index contributed by atoms with van der Waals surface area (Å²) in [6.07, 6.45) is 5.58. The Morgan fingerprint density at radius 3 is 2.74 bits per heavy atom. The van der Waals surface area contributed by atoms with Crippen molar-refractivity contribution >= 4 is 5.91 Å². The highest BCUT2D eigenvalue weighted by Crippen LogP contribution is 2.27. The molecule has 0 bridgehead atoms. The number of aromatic nitrogens is 1. The van der Waals surface area contributed by atoms with E-state index in [0.29, 0.717) is 12.6 Å². The smallest absolute Gasteiger partial charge is 0.242 e. The zero-order valence-corrected chi connectivity index (χ0v) is 12.0. The van der Waals surface area contributed by atoms with Crippen molar-refractivity contribution in [2.45, 2.75) is 52.3 Å². The van der Waals surface area contributed by atoms with Gasteiger partial charge in [-0.3, -0.25) is 4.79 Å². The monoisotopic (exact) mass is 264 g/mol. The quantitative estimate of drug-likeness (QED) is 0.856. The van der Waals surface area contributed by atoms with Crippen molar-refractivity contribution in [2.75, 3.05) is 6.54 Å². The Morgan fingerprint density at radius 2 is 2.21 bits per heavy atom. The molecule has 106 valence electrons. The summed E-state index contributed by atoms with van der Waals surface area (Å²) in [6, 6.07) is 2.36. The fraction of sp³-hybridized carbons (Fsp3) is 0.667. The molecule has 0 aromatic carbocycles. The fourth-order valence-corrected chi connectivity index (χ4v) is 2.39. The van der Waals surface area contributed by atoms with Gasteiger partial charge in [-0.15, -0.1) is 0 Å². The van der Waals surface area contributed by atoms with Gasteiger partial charge in [-0.05, 0) is 37.3 Å². The number of rotatable bonds is 6. The molecule has 2 rings (SSSR count). The molecule has 0 saturated heterocycles. The SMILES string of the molecule is CCN(C(=O)Cn1ccc(C(O)C(C)C)c1)C1CC1. The fourth-order valence-electron chi connectivity index (χ4n) is 2.39. The maximum Gasteiger partial charge on any atom is 0.242 e. The topological polar surface area (TPSA) is 45.5 Å². The van der Waals surface area contributed by atoms with Gasteiger partial charge >= 0.3 is 0 Å². The van der Waals surface area contributed by atoms with Crippen LogP contribution in [0.1, 0.15) is 45.3 Å². The summed E-state index contributed by atoms with van der Waals surface area (Å²) < 4.78 is 1.87. The summed E-state index contributed by atoms with van der Waals surface area (Å²) in [5.41, 5.74) is 0.886. The molecule has 1 saturated carbocycles. The minimum absolute atomic E-state index is 0.172. The van der Waals surface area contributed by atoms with E-state index in [9.17, 15) is 9.90 Å². The maximum absolute atomic E-state index is 12.2. The van der Waals surface area contributed by atoms with Gasteiger partial charge in [0.1, 0.15) is 6.54 Å². The first kappa shape index (κ1) is 14.1. The molecule has 1 unspecified atom stereocenters. The largest absolute Gasteiger partial charge is 0.388 e. The number of nitrogens with zero attached hydrogens (tertiary/aromatic N) is 2. The molecule has 0 radical (unpaired) electrons. The summed E-state index contributed by atoms with van der Waals surface area (Å²) >= 11 is 0. The number of carbonyl (C=O) groups is 1. The van der Waals surface area contributed by atoms with Crippen molar-refractivity contribution < 1.29 is 9.90 Å². The summed E-state index contributed by atoms with van der Waals surface area (Å²) in [7, 11) is 0. The van der Waals surface area contributed by atoms with Gasteiger partial charge < -0.3 is 14.6 Å². The van der Waals surface area contributed by atoms with Crippen LogP contribution >= 0.6 is 0 Å². The van der Waals surface area contributed by atoms with Crippen molar-refractivity contribution in [3.8, 4) is 0 Å². The van der Waals surface area contributed by atoms with E-state index in [1.165, 1.54) is 0 Å².